The minimum absolute atomic E-state index is 0.0434. The third-order valence-corrected chi connectivity index (χ3v) is 4.13. The molecular formula is C19H19F6N3O4. The van der Waals surface area contributed by atoms with E-state index in [9.17, 15) is 35.9 Å². The molecule has 0 spiro atoms. The lowest BCUT2D eigenvalue weighted by Gasteiger charge is -2.34. The molecule has 2 rings (SSSR count). The van der Waals surface area contributed by atoms with Gasteiger partial charge in [-0.25, -0.2) is 14.6 Å². The molecule has 32 heavy (non-hydrogen) atoms. The van der Waals surface area contributed by atoms with Crippen molar-refractivity contribution in [2.45, 2.75) is 45.2 Å². The van der Waals surface area contributed by atoms with Crippen LogP contribution in [-0.4, -0.2) is 34.5 Å². The molecule has 7 nitrogen and oxygen atoms in total. The SMILES string of the molecule is COC(=O)c1coc(CN(C(=O)Nc2cc(C(F)(F)F)cc(C(F)(F)F)c2)C(C)(C)C)n1. The fraction of sp³-hybridized carbons (Fsp3) is 0.421. The number of esters is 1. The summed E-state index contributed by atoms with van der Waals surface area (Å²) in [6.45, 7) is 4.38. The molecule has 0 radical (unpaired) electrons. The van der Waals surface area contributed by atoms with Crippen molar-refractivity contribution in [2.75, 3.05) is 12.4 Å². The van der Waals surface area contributed by atoms with Gasteiger partial charge in [0.2, 0.25) is 5.89 Å². The van der Waals surface area contributed by atoms with E-state index in [-0.39, 0.29) is 24.2 Å². The molecule has 0 saturated carbocycles. The van der Waals surface area contributed by atoms with E-state index in [0.29, 0.717) is 12.1 Å². The molecule has 2 aromatic rings. The summed E-state index contributed by atoms with van der Waals surface area (Å²) in [6.07, 6.45) is -9.14. The summed E-state index contributed by atoms with van der Waals surface area (Å²) >= 11 is 0. The highest BCUT2D eigenvalue weighted by atomic mass is 19.4. The molecule has 1 heterocycles. The Balaban J connectivity index is 2.36. The van der Waals surface area contributed by atoms with Gasteiger partial charge in [0.25, 0.3) is 0 Å². The van der Waals surface area contributed by atoms with E-state index in [4.69, 9.17) is 4.42 Å². The minimum Gasteiger partial charge on any atom is -0.464 e. The molecule has 0 aliphatic rings. The summed E-state index contributed by atoms with van der Waals surface area (Å²) in [6, 6.07) is -0.260. The summed E-state index contributed by atoms with van der Waals surface area (Å²) in [7, 11) is 1.12. The van der Waals surface area contributed by atoms with E-state index in [1.165, 1.54) is 0 Å². The van der Waals surface area contributed by atoms with Gasteiger partial charge in [0, 0.05) is 11.2 Å². The molecule has 0 saturated heterocycles. The second kappa shape index (κ2) is 8.71. The number of hydrogen-bond acceptors (Lipinski definition) is 5. The number of nitrogens with zero attached hydrogens (tertiary/aromatic N) is 2. The van der Waals surface area contributed by atoms with Crippen molar-refractivity contribution in [3.05, 3.63) is 47.2 Å². The zero-order valence-corrected chi connectivity index (χ0v) is 17.3. The molecule has 0 atom stereocenters. The fourth-order valence-electron chi connectivity index (χ4n) is 2.55. The number of nitrogens with one attached hydrogen (secondary N) is 1. The highest BCUT2D eigenvalue weighted by Crippen LogP contribution is 2.37. The Kier molecular flexibility index (Phi) is 6.81. The number of hydrogen-bond donors (Lipinski definition) is 1. The Labute approximate surface area is 178 Å². The van der Waals surface area contributed by atoms with Crippen LogP contribution >= 0.6 is 0 Å². The van der Waals surface area contributed by atoms with Crippen LogP contribution in [-0.2, 0) is 23.6 Å². The predicted molar refractivity (Wildman–Crippen MR) is 98.6 cm³/mol. The van der Waals surface area contributed by atoms with Crippen LogP contribution in [0.25, 0.3) is 0 Å². The first-order valence-corrected chi connectivity index (χ1v) is 8.93. The van der Waals surface area contributed by atoms with Crippen LogP contribution in [0, 0.1) is 0 Å². The summed E-state index contributed by atoms with van der Waals surface area (Å²) in [5.74, 6) is -0.897. The monoisotopic (exact) mass is 467 g/mol. The van der Waals surface area contributed by atoms with Crippen molar-refractivity contribution in [2.24, 2.45) is 0 Å². The normalized spacial score (nSPS) is 12.4. The third-order valence-electron chi connectivity index (χ3n) is 4.13. The number of rotatable bonds is 4. The first kappa shape index (κ1) is 25.0. The molecule has 13 heteroatoms. The predicted octanol–water partition coefficient (Wildman–Crippen LogP) is 5.33. The van der Waals surface area contributed by atoms with Crippen LogP contribution in [0.5, 0.6) is 0 Å². The largest absolute Gasteiger partial charge is 0.464 e. The van der Waals surface area contributed by atoms with Crippen LogP contribution in [0.3, 0.4) is 0 Å². The van der Waals surface area contributed by atoms with Crippen molar-refractivity contribution < 1.29 is 45.1 Å². The average molecular weight is 467 g/mol. The Morgan fingerprint density at radius 2 is 1.56 bits per heavy atom. The topological polar surface area (TPSA) is 84.7 Å². The Hall–Kier alpha value is -3.25. The van der Waals surface area contributed by atoms with E-state index in [1.54, 1.807) is 20.8 Å². The van der Waals surface area contributed by atoms with Gasteiger partial charge >= 0.3 is 24.4 Å². The second-order valence-corrected chi connectivity index (χ2v) is 7.60. The summed E-state index contributed by atoms with van der Waals surface area (Å²) in [5.41, 5.74) is -4.97. The number of aromatic nitrogens is 1. The Bertz CT molecular complexity index is 960. The standard InChI is InChI=1S/C19H19F6N3O4/c1-17(2,3)28(8-14-27-13(9-32-14)15(29)31-4)16(30)26-12-6-10(18(20,21)22)5-11(7-12)19(23,24)25/h5-7,9H,8H2,1-4H3,(H,26,30). The minimum atomic E-state index is -5.06. The summed E-state index contributed by atoms with van der Waals surface area (Å²) < 4.78 is 87.9. The molecule has 1 aromatic heterocycles. The molecule has 0 aliphatic heterocycles. The maximum atomic E-state index is 13.1. The van der Waals surface area contributed by atoms with Crippen LogP contribution in [0.15, 0.2) is 28.9 Å². The van der Waals surface area contributed by atoms with Gasteiger partial charge in [-0.1, -0.05) is 0 Å². The van der Waals surface area contributed by atoms with E-state index >= 15 is 0 Å². The molecule has 1 N–H and O–H groups in total. The number of amides is 2. The van der Waals surface area contributed by atoms with Gasteiger partial charge in [0.1, 0.15) is 6.26 Å². The van der Waals surface area contributed by atoms with Gasteiger partial charge in [-0.15, -0.1) is 0 Å². The molecule has 1 aromatic carbocycles. The van der Waals surface area contributed by atoms with Crippen molar-refractivity contribution in [3.63, 3.8) is 0 Å². The molecule has 2 amide bonds. The number of alkyl halides is 6. The van der Waals surface area contributed by atoms with Crippen LogP contribution in [0.4, 0.5) is 36.8 Å². The maximum Gasteiger partial charge on any atom is 0.416 e. The molecule has 176 valence electrons. The van der Waals surface area contributed by atoms with Crippen molar-refractivity contribution in [3.8, 4) is 0 Å². The van der Waals surface area contributed by atoms with Gasteiger partial charge in [-0.3, -0.25) is 0 Å². The van der Waals surface area contributed by atoms with Gasteiger partial charge in [-0.2, -0.15) is 26.3 Å². The number of urea groups is 1. The molecule has 0 aliphatic carbocycles. The Morgan fingerprint density at radius 3 is 2.00 bits per heavy atom. The van der Waals surface area contributed by atoms with E-state index < -0.39 is 46.7 Å². The van der Waals surface area contributed by atoms with Gasteiger partial charge in [-0.05, 0) is 39.0 Å². The smallest absolute Gasteiger partial charge is 0.416 e. The van der Waals surface area contributed by atoms with Crippen molar-refractivity contribution in [1.82, 2.24) is 9.88 Å². The number of carbonyl (C=O) groups is 2. The number of benzene rings is 1. The average Bonchev–Trinajstić information content (AvgIpc) is 3.11. The summed E-state index contributed by atoms with van der Waals surface area (Å²) in [5, 5.41) is 2.06. The first-order chi connectivity index (χ1) is 14.5. The lowest BCUT2D eigenvalue weighted by molar-refractivity contribution is -0.143. The third kappa shape index (κ3) is 6.14. The van der Waals surface area contributed by atoms with Crippen molar-refractivity contribution in [1.29, 1.82) is 0 Å². The van der Waals surface area contributed by atoms with Gasteiger partial charge in [0.05, 0.1) is 24.8 Å². The number of anilines is 1. The van der Waals surface area contributed by atoms with Crippen LogP contribution < -0.4 is 5.32 Å². The zero-order chi connectivity index (χ0) is 24.5. The summed E-state index contributed by atoms with van der Waals surface area (Å²) in [4.78, 5) is 29.2. The van der Waals surface area contributed by atoms with Gasteiger partial charge < -0.3 is 19.4 Å². The van der Waals surface area contributed by atoms with E-state index in [2.05, 4.69) is 15.0 Å². The fourth-order valence-corrected chi connectivity index (χ4v) is 2.55. The van der Waals surface area contributed by atoms with E-state index in [1.807, 2.05) is 0 Å². The molecule has 0 bridgehead atoms. The lowest BCUT2D eigenvalue weighted by Crippen LogP contribution is -2.47. The zero-order valence-electron chi connectivity index (χ0n) is 17.3. The number of halogens is 6. The first-order valence-electron chi connectivity index (χ1n) is 8.93. The number of oxazole rings is 1. The van der Waals surface area contributed by atoms with E-state index in [0.717, 1.165) is 18.3 Å². The van der Waals surface area contributed by atoms with Gasteiger partial charge in [0.15, 0.2) is 5.69 Å². The second-order valence-electron chi connectivity index (χ2n) is 7.60. The number of carbonyl (C=O) groups excluding carboxylic acids is 2. The van der Waals surface area contributed by atoms with Crippen molar-refractivity contribution >= 4 is 17.7 Å². The molecule has 0 fully saturated rings. The quantitative estimate of drug-likeness (QED) is 0.485. The molecular weight excluding hydrogens is 448 g/mol. The highest BCUT2D eigenvalue weighted by molar-refractivity contribution is 5.90. The maximum absolute atomic E-state index is 13.1. The molecule has 0 unspecified atom stereocenters. The highest BCUT2D eigenvalue weighted by Gasteiger charge is 2.37. The number of methoxy groups -OCH3 is 1. The lowest BCUT2D eigenvalue weighted by atomic mass is 10.1. The van der Waals surface area contributed by atoms with Crippen LogP contribution in [0.2, 0.25) is 0 Å². The van der Waals surface area contributed by atoms with Crippen LogP contribution in [0.1, 0.15) is 48.3 Å². The number of ether oxygens (including phenoxy) is 1. The Morgan fingerprint density at radius 1 is 1.03 bits per heavy atom.